The molecule has 3 heterocycles. The van der Waals surface area contributed by atoms with Gasteiger partial charge in [-0.25, -0.2) is 0 Å². The molecule has 0 saturated carbocycles. The molecule has 0 bridgehead atoms. The van der Waals surface area contributed by atoms with Crippen LogP contribution in [0.4, 0.5) is 0 Å². The SMILES string of the molecule is O=C(C1=C2SC=C(c3ccccc3)N2CC1)c1sc2cc(Cl)cc(Cl)c2c1Cl. The average molecular weight is 465 g/mol. The number of Topliss-reactive ketones (excluding diaryl/α,β-unsaturated/α-hetero) is 1. The molecule has 1 aromatic heterocycles. The van der Waals surface area contributed by atoms with Crippen molar-refractivity contribution in [3.05, 3.63) is 84.0 Å². The van der Waals surface area contributed by atoms with Gasteiger partial charge in [0.05, 0.1) is 25.6 Å². The summed E-state index contributed by atoms with van der Waals surface area (Å²) in [5, 5.41) is 5.23. The molecule has 3 aromatic rings. The third-order valence-electron chi connectivity index (χ3n) is 4.86. The summed E-state index contributed by atoms with van der Waals surface area (Å²) in [6, 6.07) is 13.7. The van der Waals surface area contributed by atoms with Gasteiger partial charge in [-0.15, -0.1) is 11.3 Å². The van der Waals surface area contributed by atoms with Gasteiger partial charge in [0, 0.05) is 32.6 Å². The first-order valence-corrected chi connectivity index (χ1v) is 11.4. The lowest BCUT2D eigenvalue weighted by molar-refractivity contribution is 0.103. The lowest BCUT2D eigenvalue weighted by Gasteiger charge is -2.18. The second kappa shape index (κ2) is 7.12. The second-order valence-electron chi connectivity index (χ2n) is 6.51. The van der Waals surface area contributed by atoms with Gasteiger partial charge in [0.25, 0.3) is 0 Å². The van der Waals surface area contributed by atoms with E-state index in [4.69, 9.17) is 34.8 Å². The van der Waals surface area contributed by atoms with E-state index in [1.807, 2.05) is 18.2 Å². The summed E-state index contributed by atoms with van der Waals surface area (Å²) in [5.41, 5.74) is 3.10. The van der Waals surface area contributed by atoms with Crippen LogP contribution in [0, 0.1) is 0 Å². The molecule has 28 heavy (non-hydrogen) atoms. The number of halogens is 3. The maximum Gasteiger partial charge on any atom is 0.203 e. The number of ketones is 1. The third kappa shape index (κ3) is 2.90. The number of rotatable bonds is 3. The molecule has 2 aromatic carbocycles. The van der Waals surface area contributed by atoms with Gasteiger partial charge >= 0.3 is 0 Å². The van der Waals surface area contributed by atoms with Crippen molar-refractivity contribution in [3.8, 4) is 0 Å². The van der Waals surface area contributed by atoms with Gasteiger partial charge in [0.2, 0.25) is 5.78 Å². The summed E-state index contributed by atoms with van der Waals surface area (Å²) < 4.78 is 0.827. The monoisotopic (exact) mass is 463 g/mol. The molecular weight excluding hydrogens is 453 g/mol. The Kier molecular flexibility index (Phi) is 4.73. The maximum atomic E-state index is 13.3. The van der Waals surface area contributed by atoms with E-state index in [0.717, 1.165) is 33.1 Å². The zero-order valence-electron chi connectivity index (χ0n) is 14.3. The fourth-order valence-corrected chi connectivity index (χ4v) is 7.06. The van der Waals surface area contributed by atoms with Crippen molar-refractivity contribution in [2.24, 2.45) is 0 Å². The summed E-state index contributed by atoms with van der Waals surface area (Å²) in [6.45, 7) is 0.791. The van der Waals surface area contributed by atoms with Gasteiger partial charge in [0.15, 0.2) is 0 Å². The molecule has 0 amide bonds. The molecule has 0 spiro atoms. The number of hydrogen-bond acceptors (Lipinski definition) is 4. The van der Waals surface area contributed by atoms with Gasteiger partial charge in [-0.3, -0.25) is 4.79 Å². The van der Waals surface area contributed by atoms with Gasteiger partial charge in [-0.05, 0) is 24.1 Å². The highest BCUT2D eigenvalue weighted by atomic mass is 35.5. The smallest absolute Gasteiger partial charge is 0.203 e. The number of fused-ring (bicyclic) bond motifs is 2. The molecule has 0 radical (unpaired) electrons. The molecule has 7 heteroatoms. The van der Waals surface area contributed by atoms with Crippen molar-refractivity contribution in [1.29, 1.82) is 0 Å². The van der Waals surface area contributed by atoms with Crippen LogP contribution < -0.4 is 0 Å². The summed E-state index contributed by atoms with van der Waals surface area (Å²) >= 11 is 21.9. The molecule has 0 unspecified atom stereocenters. The Morgan fingerprint density at radius 3 is 2.64 bits per heavy atom. The standard InChI is InChI=1S/C21H12Cl3NOS2/c22-12-8-14(23)17-16(9-12)28-20(18(17)24)19(26)13-6-7-25-15(10-27-21(13)25)11-4-2-1-3-5-11/h1-5,8-10H,6-7H2. The van der Waals surface area contributed by atoms with Crippen LogP contribution in [0.15, 0.2) is 58.5 Å². The van der Waals surface area contributed by atoms with Crippen LogP contribution >= 0.6 is 57.9 Å². The van der Waals surface area contributed by atoms with Gasteiger partial charge < -0.3 is 4.90 Å². The Balaban J connectivity index is 1.54. The molecular formula is C21H12Cl3NOS2. The van der Waals surface area contributed by atoms with Crippen LogP contribution in [0.3, 0.4) is 0 Å². The van der Waals surface area contributed by atoms with E-state index in [2.05, 4.69) is 22.4 Å². The summed E-state index contributed by atoms with van der Waals surface area (Å²) in [6.07, 6.45) is 0.699. The van der Waals surface area contributed by atoms with Crippen molar-refractivity contribution in [2.45, 2.75) is 6.42 Å². The number of thioether (sulfide) groups is 1. The Labute approximate surface area is 185 Å². The van der Waals surface area contributed by atoms with Crippen molar-refractivity contribution in [3.63, 3.8) is 0 Å². The number of thiophene rings is 1. The van der Waals surface area contributed by atoms with Crippen molar-refractivity contribution in [1.82, 2.24) is 4.90 Å². The minimum absolute atomic E-state index is 0.0221. The quantitative estimate of drug-likeness (QED) is 0.370. The van der Waals surface area contributed by atoms with Crippen LogP contribution in [0.25, 0.3) is 15.8 Å². The van der Waals surface area contributed by atoms with E-state index in [-0.39, 0.29) is 5.78 Å². The van der Waals surface area contributed by atoms with Crippen molar-refractivity contribution >= 4 is 79.5 Å². The molecule has 140 valence electrons. The molecule has 0 saturated heterocycles. The predicted molar refractivity (Wildman–Crippen MR) is 122 cm³/mol. The van der Waals surface area contributed by atoms with E-state index in [1.54, 1.807) is 23.9 Å². The van der Waals surface area contributed by atoms with E-state index in [0.29, 0.717) is 31.8 Å². The lowest BCUT2D eigenvalue weighted by atomic mass is 10.1. The van der Waals surface area contributed by atoms with Crippen molar-refractivity contribution < 1.29 is 4.79 Å². The van der Waals surface area contributed by atoms with Gasteiger partial charge in [-0.1, -0.05) is 76.9 Å². The van der Waals surface area contributed by atoms with E-state index in [9.17, 15) is 4.79 Å². The van der Waals surface area contributed by atoms with Crippen LogP contribution in [0.1, 0.15) is 21.7 Å². The second-order valence-corrected chi connectivity index (χ2v) is 9.64. The Bertz CT molecular complexity index is 1200. The minimum atomic E-state index is -0.0221. The number of nitrogens with zero attached hydrogens (tertiary/aromatic N) is 1. The summed E-state index contributed by atoms with van der Waals surface area (Å²) in [7, 11) is 0. The predicted octanol–water partition coefficient (Wildman–Crippen LogP) is 7.71. The molecule has 0 N–H and O–H groups in total. The third-order valence-corrected chi connectivity index (χ3v) is 8.03. The van der Waals surface area contributed by atoms with Gasteiger partial charge in [0.1, 0.15) is 0 Å². The first kappa shape index (κ1) is 18.6. The zero-order valence-corrected chi connectivity index (χ0v) is 18.2. The Hall–Kier alpha value is -1.43. The average Bonchev–Trinajstić information content (AvgIpc) is 3.35. The topological polar surface area (TPSA) is 20.3 Å². The van der Waals surface area contributed by atoms with Crippen molar-refractivity contribution in [2.75, 3.05) is 6.54 Å². The molecule has 0 aliphatic carbocycles. The lowest BCUT2D eigenvalue weighted by Crippen LogP contribution is -2.12. The Morgan fingerprint density at radius 1 is 1.07 bits per heavy atom. The highest BCUT2D eigenvalue weighted by Crippen LogP contribution is 2.48. The van der Waals surface area contributed by atoms with Crippen LogP contribution in [0.2, 0.25) is 15.1 Å². The number of carbonyl (C=O) groups is 1. The Morgan fingerprint density at radius 2 is 1.86 bits per heavy atom. The highest BCUT2D eigenvalue weighted by molar-refractivity contribution is 8.06. The molecule has 2 aliphatic heterocycles. The fraction of sp³-hybridized carbons (Fsp3) is 0.0952. The van der Waals surface area contributed by atoms with Gasteiger partial charge in [-0.2, -0.15) is 0 Å². The number of carbonyl (C=O) groups excluding carboxylic acids is 1. The minimum Gasteiger partial charge on any atom is -0.334 e. The van der Waals surface area contributed by atoms with Crippen LogP contribution in [-0.4, -0.2) is 17.2 Å². The van der Waals surface area contributed by atoms with E-state index >= 15 is 0 Å². The molecule has 0 fully saturated rings. The summed E-state index contributed by atoms with van der Waals surface area (Å²) in [5.74, 6) is -0.0221. The fourth-order valence-electron chi connectivity index (χ4n) is 3.57. The van der Waals surface area contributed by atoms with Crippen LogP contribution in [0.5, 0.6) is 0 Å². The molecule has 2 aliphatic rings. The largest absolute Gasteiger partial charge is 0.334 e. The number of hydrogen-bond donors (Lipinski definition) is 0. The number of benzene rings is 2. The molecule has 5 rings (SSSR count). The first-order valence-electron chi connectivity index (χ1n) is 8.59. The normalized spacial score (nSPS) is 16.1. The van der Waals surface area contributed by atoms with E-state index in [1.165, 1.54) is 11.3 Å². The summed E-state index contributed by atoms with van der Waals surface area (Å²) in [4.78, 5) is 16.1. The molecule has 0 atom stereocenters. The molecule has 2 nitrogen and oxygen atoms in total. The first-order chi connectivity index (χ1) is 13.5. The van der Waals surface area contributed by atoms with E-state index < -0.39 is 0 Å². The van der Waals surface area contributed by atoms with Crippen LogP contribution in [-0.2, 0) is 0 Å². The highest BCUT2D eigenvalue weighted by Gasteiger charge is 2.35. The maximum absolute atomic E-state index is 13.3. The zero-order chi connectivity index (χ0) is 19.4.